The highest BCUT2D eigenvalue weighted by molar-refractivity contribution is 9.10. The third-order valence-corrected chi connectivity index (χ3v) is 3.29. The van der Waals surface area contributed by atoms with E-state index in [0.717, 1.165) is 22.9 Å². The van der Waals surface area contributed by atoms with Gasteiger partial charge in [-0.15, -0.1) is 0 Å². The third kappa shape index (κ3) is 6.17. The number of halogens is 1. The van der Waals surface area contributed by atoms with Gasteiger partial charge in [0.05, 0.1) is 0 Å². The fourth-order valence-corrected chi connectivity index (χ4v) is 2.10. The maximum absolute atomic E-state index is 11.6. The summed E-state index contributed by atoms with van der Waals surface area (Å²) in [7, 11) is 0. The quantitative estimate of drug-likeness (QED) is 0.812. The van der Waals surface area contributed by atoms with Gasteiger partial charge in [0, 0.05) is 24.0 Å². The number of carbonyl (C=O) groups is 1. The van der Waals surface area contributed by atoms with Gasteiger partial charge >= 0.3 is 0 Å². The van der Waals surface area contributed by atoms with E-state index >= 15 is 0 Å². The van der Waals surface area contributed by atoms with E-state index in [2.05, 4.69) is 21.2 Å². The van der Waals surface area contributed by atoms with Crippen LogP contribution in [-0.4, -0.2) is 24.2 Å². The summed E-state index contributed by atoms with van der Waals surface area (Å²) < 4.78 is 1.04. The van der Waals surface area contributed by atoms with Gasteiger partial charge in [-0.1, -0.05) is 35.0 Å². The first-order valence-corrected chi connectivity index (χ1v) is 7.03. The van der Waals surface area contributed by atoms with Crippen LogP contribution in [0.2, 0.25) is 0 Å². The Morgan fingerprint density at radius 1 is 1.50 bits per heavy atom. The van der Waals surface area contributed by atoms with E-state index in [1.54, 1.807) is 0 Å². The van der Waals surface area contributed by atoms with Crippen molar-refractivity contribution in [2.75, 3.05) is 13.2 Å². The van der Waals surface area contributed by atoms with Gasteiger partial charge in [0.2, 0.25) is 5.91 Å². The summed E-state index contributed by atoms with van der Waals surface area (Å²) in [6.07, 6.45) is 1.98. The van der Waals surface area contributed by atoms with Gasteiger partial charge < -0.3 is 10.4 Å². The Labute approximate surface area is 117 Å². The molecule has 0 bridgehead atoms. The monoisotopic (exact) mass is 313 g/mol. The summed E-state index contributed by atoms with van der Waals surface area (Å²) in [5, 5.41) is 11.7. The van der Waals surface area contributed by atoms with Crippen LogP contribution in [-0.2, 0) is 11.2 Å². The standard InChI is InChI=1S/C14H20BrNO2/c1-11(7-8-17)10-16-14(18)6-5-12-3-2-4-13(15)9-12/h2-4,9,11,17H,5-8,10H2,1H3,(H,16,18). The molecule has 0 aliphatic heterocycles. The van der Waals surface area contributed by atoms with E-state index in [4.69, 9.17) is 5.11 Å². The number of hydrogen-bond acceptors (Lipinski definition) is 2. The smallest absolute Gasteiger partial charge is 0.220 e. The summed E-state index contributed by atoms with van der Waals surface area (Å²) in [6.45, 7) is 2.83. The molecular weight excluding hydrogens is 294 g/mol. The lowest BCUT2D eigenvalue weighted by atomic mass is 10.1. The second-order valence-electron chi connectivity index (χ2n) is 4.55. The third-order valence-electron chi connectivity index (χ3n) is 2.80. The predicted molar refractivity (Wildman–Crippen MR) is 76.3 cm³/mol. The first kappa shape index (κ1) is 15.2. The summed E-state index contributed by atoms with van der Waals surface area (Å²) in [6, 6.07) is 7.99. The van der Waals surface area contributed by atoms with Crippen LogP contribution in [0.15, 0.2) is 28.7 Å². The molecule has 0 saturated heterocycles. The average molecular weight is 314 g/mol. The Hall–Kier alpha value is -0.870. The van der Waals surface area contributed by atoms with Crippen LogP contribution >= 0.6 is 15.9 Å². The molecule has 0 spiro atoms. The largest absolute Gasteiger partial charge is 0.396 e. The van der Waals surface area contributed by atoms with Crippen LogP contribution in [0.1, 0.15) is 25.3 Å². The minimum atomic E-state index is 0.0692. The Morgan fingerprint density at radius 3 is 2.94 bits per heavy atom. The zero-order valence-electron chi connectivity index (χ0n) is 10.7. The number of aliphatic hydroxyl groups is 1. The van der Waals surface area contributed by atoms with Crippen LogP contribution < -0.4 is 5.32 Å². The first-order valence-electron chi connectivity index (χ1n) is 6.24. The van der Waals surface area contributed by atoms with E-state index in [0.29, 0.717) is 18.9 Å². The highest BCUT2D eigenvalue weighted by Gasteiger charge is 2.05. The number of aliphatic hydroxyl groups excluding tert-OH is 1. The van der Waals surface area contributed by atoms with Gasteiger partial charge in [0.1, 0.15) is 0 Å². The van der Waals surface area contributed by atoms with Gasteiger partial charge in [0.25, 0.3) is 0 Å². The molecule has 0 saturated carbocycles. The molecule has 0 fully saturated rings. The number of nitrogens with one attached hydrogen (secondary N) is 1. The molecule has 3 nitrogen and oxygen atoms in total. The van der Waals surface area contributed by atoms with E-state index in [9.17, 15) is 4.79 Å². The molecule has 0 aromatic heterocycles. The minimum absolute atomic E-state index is 0.0692. The summed E-state index contributed by atoms with van der Waals surface area (Å²) in [4.78, 5) is 11.6. The maximum atomic E-state index is 11.6. The number of hydrogen-bond donors (Lipinski definition) is 2. The molecule has 0 aliphatic carbocycles. The Balaban J connectivity index is 2.25. The van der Waals surface area contributed by atoms with Gasteiger partial charge in [-0.2, -0.15) is 0 Å². The molecule has 1 amide bonds. The van der Waals surface area contributed by atoms with Crippen molar-refractivity contribution in [2.24, 2.45) is 5.92 Å². The van der Waals surface area contributed by atoms with Crippen molar-refractivity contribution in [2.45, 2.75) is 26.2 Å². The number of amides is 1. The number of rotatable bonds is 7. The second kappa shape index (κ2) is 8.27. The van der Waals surface area contributed by atoms with Crippen LogP contribution in [0.25, 0.3) is 0 Å². The highest BCUT2D eigenvalue weighted by atomic mass is 79.9. The topological polar surface area (TPSA) is 49.3 Å². The molecule has 1 aromatic rings. The Morgan fingerprint density at radius 2 is 2.28 bits per heavy atom. The lowest BCUT2D eigenvalue weighted by molar-refractivity contribution is -0.121. The van der Waals surface area contributed by atoms with Crippen molar-refractivity contribution in [1.29, 1.82) is 0 Å². The van der Waals surface area contributed by atoms with Gasteiger partial charge in [-0.05, 0) is 36.5 Å². The molecule has 2 N–H and O–H groups in total. The van der Waals surface area contributed by atoms with Gasteiger partial charge in [-0.25, -0.2) is 0 Å². The molecule has 1 aromatic carbocycles. The summed E-state index contributed by atoms with van der Waals surface area (Å²) in [5.74, 6) is 0.393. The molecule has 0 heterocycles. The van der Waals surface area contributed by atoms with Gasteiger partial charge in [0.15, 0.2) is 0 Å². The van der Waals surface area contributed by atoms with E-state index < -0.39 is 0 Å². The van der Waals surface area contributed by atoms with E-state index in [-0.39, 0.29) is 12.5 Å². The zero-order valence-corrected chi connectivity index (χ0v) is 12.2. The van der Waals surface area contributed by atoms with Crippen molar-refractivity contribution in [3.63, 3.8) is 0 Å². The highest BCUT2D eigenvalue weighted by Crippen LogP contribution is 2.12. The second-order valence-corrected chi connectivity index (χ2v) is 5.47. The number of benzene rings is 1. The lowest BCUT2D eigenvalue weighted by Gasteiger charge is -2.11. The molecule has 18 heavy (non-hydrogen) atoms. The van der Waals surface area contributed by atoms with Crippen molar-refractivity contribution in [1.82, 2.24) is 5.32 Å². The van der Waals surface area contributed by atoms with Crippen LogP contribution in [0.3, 0.4) is 0 Å². The SMILES string of the molecule is CC(CCO)CNC(=O)CCc1cccc(Br)c1. The van der Waals surface area contributed by atoms with Crippen molar-refractivity contribution >= 4 is 21.8 Å². The molecule has 0 radical (unpaired) electrons. The van der Waals surface area contributed by atoms with Crippen molar-refractivity contribution in [3.05, 3.63) is 34.3 Å². The molecule has 4 heteroatoms. The fraction of sp³-hybridized carbons (Fsp3) is 0.500. The van der Waals surface area contributed by atoms with Gasteiger partial charge in [-0.3, -0.25) is 4.79 Å². The fourth-order valence-electron chi connectivity index (χ4n) is 1.65. The van der Waals surface area contributed by atoms with Crippen LogP contribution in [0, 0.1) is 5.92 Å². The van der Waals surface area contributed by atoms with Crippen molar-refractivity contribution in [3.8, 4) is 0 Å². The Kier molecular flexibility index (Phi) is 6.98. The lowest BCUT2D eigenvalue weighted by Crippen LogP contribution is -2.28. The van der Waals surface area contributed by atoms with Crippen LogP contribution in [0.5, 0.6) is 0 Å². The molecule has 1 unspecified atom stereocenters. The minimum Gasteiger partial charge on any atom is -0.396 e. The molecule has 1 rings (SSSR count). The molecular formula is C14H20BrNO2. The Bertz CT molecular complexity index is 382. The normalized spacial score (nSPS) is 12.2. The molecule has 0 aliphatic rings. The predicted octanol–water partition coefficient (Wildman–Crippen LogP) is 2.52. The maximum Gasteiger partial charge on any atom is 0.220 e. The van der Waals surface area contributed by atoms with E-state index in [1.165, 1.54) is 0 Å². The summed E-state index contributed by atoms with van der Waals surface area (Å²) >= 11 is 3.41. The number of carbonyl (C=O) groups excluding carboxylic acids is 1. The average Bonchev–Trinajstić information content (AvgIpc) is 2.34. The van der Waals surface area contributed by atoms with Crippen molar-refractivity contribution < 1.29 is 9.90 Å². The first-order chi connectivity index (χ1) is 8.61. The molecule has 1 atom stereocenters. The zero-order chi connectivity index (χ0) is 13.4. The molecule has 100 valence electrons. The number of aryl methyl sites for hydroxylation is 1. The van der Waals surface area contributed by atoms with E-state index in [1.807, 2.05) is 31.2 Å². The van der Waals surface area contributed by atoms with Crippen LogP contribution in [0.4, 0.5) is 0 Å². The summed E-state index contributed by atoms with van der Waals surface area (Å²) in [5.41, 5.74) is 1.16.